The topological polar surface area (TPSA) is 74.7 Å². The van der Waals surface area contributed by atoms with Gasteiger partial charge < -0.3 is 5.11 Å². The number of aliphatic carboxylic acids is 1. The van der Waals surface area contributed by atoms with Crippen LogP contribution in [-0.2, 0) is 34.2 Å². The third-order valence-electron chi connectivity index (χ3n) is 5.56. The van der Waals surface area contributed by atoms with Crippen LogP contribution in [0.5, 0.6) is 0 Å². The first-order valence-electron chi connectivity index (χ1n) is 9.87. The number of benzene rings is 3. The van der Waals surface area contributed by atoms with Gasteiger partial charge in [-0.15, -0.1) is 0 Å². The Morgan fingerprint density at radius 2 is 1.47 bits per heavy atom. The number of hydrogen-bond acceptors (Lipinski definition) is 3. The van der Waals surface area contributed by atoms with E-state index >= 15 is 0 Å². The van der Waals surface area contributed by atoms with Crippen molar-refractivity contribution in [3.63, 3.8) is 0 Å². The molecule has 0 saturated heterocycles. The minimum absolute atomic E-state index is 0.0996. The molecule has 0 unspecified atom stereocenters. The van der Waals surface area contributed by atoms with E-state index in [9.17, 15) is 18.3 Å². The number of hydrogen-bond donors (Lipinski definition) is 1. The van der Waals surface area contributed by atoms with E-state index in [1.807, 2.05) is 78.9 Å². The van der Waals surface area contributed by atoms with Crippen molar-refractivity contribution in [2.45, 2.75) is 25.4 Å². The maximum Gasteiger partial charge on any atom is 0.322 e. The lowest BCUT2D eigenvalue weighted by atomic mass is 9.96. The maximum atomic E-state index is 13.0. The fourth-order valence-corrected chi connectivity index (χ4v) is 5.48. The molecule has 3 aromatic carbocycles. The van der Waals surface area contributed by atoms with Gasteiger partial charge in [0.2, 0.25) is 10.0 Å². The van der Waals surface area contributed by atoms with Gasteiger partial charge >= 0.3 is 5.97 Å². The molecule has 6 heteroatoms. The molecule has 0 fully saturated rings. The molecule has 1 atom stereocenters. The molecule has 1 heterocycles. The van der Waals surface area contributed by atoms with Gasteiger partial charge in [0.1, 0.15) is 6.04 Å². The van der Waals surface area contributed by atoms with E-state index in [1.165, 1.54) is 0 Å². The van der Waals surface area contributed by atoms with Crippen LogP contribution in [0.3, 0.4) is 0 Å². The number of carboxylic acid groups (broad SMARTS) is 1. The van der Waals surface area contributed by atoms with Gasteiger partial charge in [0.15, 0.2) is 0 Å². The van der Waals surface area contributed by atoms with E-state index in [2.05, 4.69) is 0 Å². The third-order valence-corrected chi connectivity index (χ3v) is 7.38. The van der Waals surface area contributed by atoms with Gasteiger partial charge in [0, 0.05) is 13.0 Å². The second kappa shape index (κ2) is 8.42. The second-order valence-corrected chi connectivity index (χ2v) is 9.54. The Kier molecular flexibility index (Phi) is 5.70. The minimum Gasteiger partial charge on any atom is -0.480 e. The van der Waals surface area contributed by atoms with Crippen LogP contribution in [0.15, 0.2) is 78.9 Å². The summed E-state index contributed by atoms with van der Waals surface area (Å²) in [5.41, 5.74) is 4.84. The zero-order valence-electron chi connectivity index (χ0n) is 16.4. The highest BCUT2D eigenvalue weighted by Gasteiger charge is 2.38. The van der Waals surface area contributed by atoms with Gasteiger partial charge in [0.25, 0.3) is 0 Å². The summed E-state index contributed by atoms with van der Waals surface area (Å²) in [5.74, 6) is -1.23. The predicted molar refractivity (Wildman–Crippen MR) is 116 cm³/mol. The smallest absolute Gasteiger partial charge is 0.322 e. The fourth-order valence-electron chi connectivity index (χ4n) is 3.86. The van der Waals surface area contributed by atoms with Crippen molar-refractivity contribution >= 4 is 16.0 Å². The number of sulfonamides is 1. The van der Waals surface area contributed by atoms with Crippen molar-refractivity contribution in [2.24, 2.45) is 0 Å². The molecular formula is C24H23NO4S. The van der Waals surface area contributed by atoms with Gasteiger partial charge in [-0.2, -0.15) is 4.31 Å². The summed E-state index contributed by atoms with van der Waals surface area (Å²) >= 11 is 0. The highest BCUT2D eigenvalue weighted by molar-refractivity contribution is 7.89. The van der Waals surface area contributed by atoms with E-state index in [0.717, 1.165) is 32.1 Å². The molecule has 3 aromatic rings. The number of carboxylic acids is 1. The number of fused-ring (bicyclic) bond motifs is 1. The van der Waals surface area contributed by atoms with Crippen LogP contribution in [0.25, 0.3) is 11.1 Å². The Hall–Kier alpha value is -2.96. The van der Waals surface area contributed by atoms with E-state index in [4.69, 9.17) is 0 Å². The minimum atomic E-state index is -3.73. The largest absolute Gasteiger partial charge is 0.480 e. The average Bonchev–Trinajstić information content (AvgIpc) is 2.78. The van der Waals surface area contributed by atoms with E-state index in [-0.39, 0.29) is 18.7 Å². The van der Waals surface area contributed by atoms with E-state index in [1.54, 1.807) is 0 Å². The standard InChI is InChI=1S/C24H23NO4S/c26-24(27)23-16-21-8-4-5-9-22(21)17-25(23)30(28,29)15-14-18-10-12-20(13-11-18)19-6-2-1-3-7-19/h1-13,23H,14-17H2,(H,26,27)/t23-/m1/s1. The quantitative estimate of drug-likeness (QED) is 0.658. The van der Waals surface area contributed by atoms with Gasteiger partial charge in [-0.1, -0.05) is 78.9 Å². The lowest BCUT2D eigenvalue weighted by molar-refractivity contribution is -0.141. The number of nitrogens with zero attached hydrogens (tertiary/aromatic N) is 1. The van der Waals surface area contributed by atoms with Crippen LogP contribution in [0.2, 0.25) is 0 Å². The Morgan fingerprint density at radius 3 is 2.13 bits per heavy atom. The zero-order valence-corrected chi connectivity index (χ0v) is 17.3. The zero-order chi connectivity index (χ0) is 21.1. The molecule has 0 radical (unpaired) electrons. The van der Waals surface area contributed by atoms with Gasteiger partial charge in [-0.25, -0.2) is 8.42 Å². The third kappa shape index (κ3) is 4.30. The predicted octanol–water partition coefficient (Wildman–Crippen LogP) is 3.74. The summed E-state index contributed by atoms with van der Waals surface area (Å²) in [5, 5.41) is 9.62. The fraction of sp³-hybridized carbons (Fsp3) is 0.208. The summed E-state index contributed by atoms with van der Waals surface area (Å²) in [4.78, 5) is 11.8. The van der Waals surface area contributed by atoms with Crippen LogP contribution >= 0.6 is 0 Å². The molecule has 0 aromatic heterocycles. The number of rotatable bonds is 6. The SMILES string of the molecule is O=C(O)[C@H]1Cc2ccccc2CN1S(=O)(=O)CCc1ccc(-c2ccccc2)cc1. The molecule has 4 rings (SSSR count). The highest BCUT2D eigenvalue weighted by atomic mass is 32.2. The molecule has 5 nitrogen and oxygen atoms in total. The molecule has 30 heavy (non-hydrogen) atoms. The number of carbonyl (C=O) groups is 1. The van der Waals surface area contributed by atoms with Crippen molar-refractivity contribution in [1.82, 2.24) is 4.31 Å². The van der Waals surface area contributed by atoms with Gasteiger partial charge in [-0.3, -0.25) is 4.79 Å². The lowest BCUT2D eigenvalue weighted by Crippen LogP contribution is -2.49. The van der Waals surface area contributed by atoms with Gasteiger partial charge in [0.05, 0.1) is 5.75 Å². The molecule has 0 bridgehead atoms. The first-order chi connectivity index (χ1) is 14.4. The van der Waals surface area contributed by atoms with Crippen LogP contribution in [0.1, 0.15) is 16.7 Å². The van der Waals surface area contributed by atoms with Crippen molar-refractivity contribution in [1.29, 1.82) is 0 Å². The summed E-state index contributed by atoms with van der Waals surface area (Å²) in [6.45, 7) is 0.0996. The number of aryl methyl sites for hydroxylation is 1. The van der Waals surface area contributed by atoms with E-state index in [0.29, 0.717) is 6.42 Å². The first-order valence-corrected chi connectivity index (χ1v) is 11.5. The Bertz CT molecular complexity index is 1140. The van der Waals surface area contributed by atoms with Gasteiger partial charge in [-0.05, 0) is 34.2 Å². The Morgan fingerprint density at radius 1 is 0.867 bits per heavy atom. The van der Waals surface area contributed by atoms with Crippen molar-refractivity contribution in [2.75, 3.05) is 5.75 Å². The average molecular weight is 422 g/mol. The summed E-state index contributed by atoms with van der Waals surface area (Å²) in [6.07, 6.45) is 0.526. The van der Waals surface area contributed by atoms with Crippen LogP contribution < -0.4 is 0 Å². The lowest BCUT2D eigenvalue weighted by Gasteiger charge is -2.33. The Labute approximate surface area is 176 Å². The molecule has 0 saturated carbocycles. The highest BCUT2D eigenvalue weighted by Crippen LogP contribution is 2.27. The summed E-state index contributed by atoms with van der Waals surface area (Å²) in [6, 6.07) is 24.1. The summed E-state index contributed by atoms with van der Waals surface area (Å²) < 4.78 is 27.2. The van der Waals surface area contributed by atoms with Crippen molar-refractivity contribution in [3.8, 4) is 11.1 Å². The second-order valence-electron chi connectivity index (χ2n) is 7.50. The summed E-state index contributed by atoms with van der Waals surface area (Å²) in [7, 11) is -3.73. The molecule has 1 aliphatic heterocycles. The Balaban J connectivity index is 1.49. The monoisotopic (exact) mass is 421 g/mol. The van der Waals surface area contributed by atoms with Crippen LogP contribution in [0, 0.1) is 0 Å². The van der Waals surface area contributed by atoms with Crippen molar-refractivity contribution < 1.29 is 18.3 Å². The maximum absolute atomic E-state index is 13.0. The van der Waals surface area contributed by atoms with Crippen LogP contribution in [0.4, 0.5) is 0 Å². The molecule has 1 N–H and O–H groups in total. The molecule has 0 spiro atoms. The molecule has 0 amide bonds. The first kappa shape index (κ1) is 20.3. The molecule has 1 aliphatic rings. The van der Waals surface area contributed by atoms with Crippen molar-refractivity contribution in [3.05, 3.63) is 95.6 Å². The molecule has 154 valence electrons. The van der Waals surface area contributed by atoms with E-state index < -0.39 is 22.0 Å². The molecule has 0 aliphatic carbocycles. The molecular weight excluding hydrogens is 398 g/mol. The van der Waals surface area contributed by atoms with Crippen LogP contribution in [-0.4, -0.2) is 35.6 Å². The normalized spacial score (nSPS) is 16.7.